The van der Waals surface area contributed by atoms with E-state index in [0.717, 1.165) is 5.69 Å². The lowest BCUT2D eigenvalue weighted by atomic mass is 10.2. The number of thiazole rings is 1. The average molecular weight is 435 g/mol. The smallest absolute Gasteiger partial charge is 0.254 e. The Morgan fingerprint density at radius 3 is 2.76 bits per heavy atom. The van der Waals surface area contributed by atoms with Crippen LogP contribution in [0.15, 0.2) is 34.8 Å². The molecule has 29 heavy (non-hydrogen) atoms. The molecule has 0 fully saturated rings. The molecule has 2 N–H and O–H groups in total. The van der Waals surface area contributed by atoms with Gasteiger partial charge in [0.25, 0.3) is 5.91 Å². The Labute approximate surface area is 174 Å². The van der Waals surface area contributed by atoms with Crippen LogP contribution in [0.4, 0.5) is 9.52 Å². The summed E-state index contributed by atoms with van der Waals surface area (Å²) in [6.45, 7) is 3.59. The van der Waals surface area contributed by atoms with E-state index in [-0.39, 0.29) is 17.2 Å². The highest BCUT2D eigenvalue weighted by Gasteiger charge is 2.20. The molecule has 2 amide bonds. The maximum atomic E-state index is 13.8. The molecule has 0 aliphatic rings. The van der Waals surface area contributed by atoms with Crippen molar-refractivity contribution in [2.24, 2.45) is 7.05 Å². The van der Waals surface area contributed by atoms with Crippen molar-refractivity contribution in [3.05, 3.63) is 52.5 Å². The Morgan fingerprint density at radius 1 is 1.31 bits per heavy atom. The van der Waals surface area contributed by atoms with Crippen molar-refractivity contribution in [1.82, 2.24) is 25.1 Å². The Kier molecular flexibility index (Phi) is 6.60. The highest BCUT2D eigenvalue weighted by atomic mass is 32.2. The molecule has 2 heterocycles. The SMILES string of the molecule is Cc1csc(NC(=O)CSc2nnc([C@@H](C)NC(=O)c3ccccc3F)n2C)n1. The minimum atomic E-state index is -0.590. The van der Waals surface area contributed by atoms with Crippen LogP contribution in [0.5, 0.6) is 0 Å². The molecule has 0 aliphatic carbocycles. The summed E-state index contributed by atoms with van der Waals surface area (Å²) in [4.78, 5) is 28.5. The van der Waals surface area contributed by atoms with Crippen molar-refractivity contribution in [3.63, 3.8) is 0 Å². The third-order valence-corrected chi connectivity index (χ3v) is 5.82. The first-order chi connectivity index (χ1) is 13.8. The lowest BCUT2D eigenvalue weighted by Crippen LogP contribution is -2.29. The van der Waals surface area contributed by atoms with Crippen LogP contribution >= 0.6 is 23.1 Å². The van der Waals surface area contributed by atoms with Crippen molar-refractivity contribution < 1.29 is 14.0 Å². The van der Waals surface area contributed by atoms with Crippen LogP contribution in [0, 0.1) is 12.7 Å². The van der Waals surface area contributed by atoms with E-state index in [9.17, 15) is 14.0 Å². The van der Waals surface area contributed by atoms with Gasteiger partial charge in [-0.1, -0.05) is 23.9 Å². The van der Waals surface area contributed by atoms with Crippen molar-refractivity contribution in [2.45, 2.75) is 25.0 Å². The van der Waals surface area contributed by atoms with Crippen LogP contribution in [-0.2, 0) is 11.8 Å². The van der Waals surface area contributed by atoms with E-state index in [1.165, 1.54) is 41.3 Å². The number of aromatic nitrogens is 4. The normalized spacial score (nSPS) is 11.9. The summed E-state index contributed by atoms with van der Waals surface area (Å²) in [7, 11) is 1.74. The molecule has 0 saturated carbocycles. The van der Waals surface area contributed by atoms with Crippen molar-refractivity contribution >= 4 is 40.0 Å². The van der Waals surface area contributed by atoms with E-state index in [4.69, 9.17) is 0 Å². The number of rotatable bonds is 7. The Hall–Kier alpha value is -2.79. The Morgan fingerprint density at radius 2 is 2.07 bits per heavy atom. The number of anilines is 1. The van der Waals surface area contributed by atoms with Gasteiger partial charge in [-0.15, -0.1) is 21.5 Å². The first kappa shape index (κ1) is 20.9. The molecule has 2 aromatic heterocycles. The number of nitrogens with zero attached hydrogens (tertiary/aromatic N) is 4. The molecule has 0 radical (unpaired) electrons. The molecule has 0 bridgehead atoms. The number of aryl methyl sites for hydroxylation is 1. The van der Waals surface area contributed by atoms with E-state index < -0.39 is 17.8 Å². The molecule has 1 aromatic carbocycles. The highest BCUT2D eigenvalue weighted by Crippen LogP contribution is 2.21. The van der Waals surface area contributed by atoms with E-state index in [1.54, 1.807) is 24.6 Å². The zero-order chi connectivity index (χ0) is 21.0. The molecule has 0 aliphatic heterocycles. The van der Waals surface area contributed by atoms with Gasteiger partial charge in [-0.3, -0.25) is 9.59 Å². The van der Waals surface area contributed by atoms with Gasteiger partial charge in [-0.05, 0) is 26.0 Å². The largest absolute Gasteiger partial charge is 0.342 e. The fraction of sp³-hybridized carbons (Fsp3) is 0.278. The number of hydrogen-bond donors (Lipinski definition) is 2. The number of benzene rings is 1. The summed E-state index contributed by atoms with van der Waals surface area (Å²) in [6.07, 6.45) is 0. The molecule has 0 unspecified atom stereocenters. The number of carbonyl (C=O) groups excluding carboxylic acids is 2. The minimum Gasteiger partial charge on any atom is -0.342 e. The van der Waals surface area contributed by atoms with Crippen LogP contribution in [0.2, 0.25) is 0 Å². The fourth-order valence-corrected chi connectivity index (χ4v) is 3.93. The summed E-state index contributed by atoms with van der Waals surface area (Å²) in [6, 6.07) is 5.26. The van der Waals surface area contributed by atoms with Crippen LogP contribution in [0.3, 0.4) is 0 Å². The molecule has 1 atom stereocenters. The van der Waals surface area contributed by atoms with Crippen molar-refractivity contribution in [2.75, 3.05) is 11.1 Å². The van der Waals surface area contributed by atoms with Crippen LogP contribution in [0.1, 0.15) is 34.8 Å². The van der Waals surface area contributed by atoms with Gasteiger partial charge in [-0.2, -0.15) is 0 Å². The second kappa shape index (κ2) is 9.14. The van der Waals surface area contributed by atoms with Crippen molar-refractivity contribution in [1.29, 1.82) is 0 Å². The predicted molar refractivity (Wildman–Crippen MR) is 109 cm³/mol. The number of hydrogen-bond acceptors (Lipinski definition) is 7. The maximum Gasteiger partial charge on any atom is 0.254 e. The molecule has 3 aromatic rings. The summed E-state index contributed by atoms with van der Waals surface area (Å²) in [5.74, 6) is -0.692. The fourth-order valence-electron chi connectivity index (χ4n) is 2.51. The highest BCUT2D eigenvalue weighted by molar-refractivity contribution is 7.99. The molecule has 8 nitrogen and oxygen atoms in total. The van der Waals surface area contributed by atoms with E-state index in [2.05, 4.69) is 25.8 Å². The van der Waals surface area contributed by atoms with Gasteiger partial charge >= 0.3 is 0 Å². The lowest BCUT2D eigenvalue weighted by Gasteiger charge is -2.14. The quantitative estimate of drug-likeness (QED) is 0.555. The van der Waals surface area contributed by atoms with Gasteiger partial charge in [0.1, 0.15) is 5.82 Å². The molecular weight excluding hydrogens is 415 g/mol. The molecule has 0 saturated heterocycles. The standard InChI is InChI=1S/C18H19FN6O2S2/c1-10-8-28-17(20-10)22-14(26)9-29-18-24-23-15(25(18)3)11(2)21-16(27)12-6-4-5-7-13(12)19/h4-8,11H,9H2,1-3H3,(H,21,27)(H,20,22,26)/t11-/m1/s1. The van der Waals surface area contributed by atoms with E-state index >= 15 is 0 Å². The third kappa shape index (κ3) is 5.18. The molecular formula is C18H19FN6O2S2. The molecule has 3 rings (SSSR count). The minimum absolute atomic E-state index is 0.0368. The summed E-state index contributed by atoms with van der Waals surface area (Å²) >= 11 is 2.58. The van der Waals surface area contributed by atoms with E-state index in [1.807, 2.05) is 12.3 Å². The van der Waals surface area contributed by atoms with Crippen molar-refractivity contribution in [3.8, 4) is 0 Å². The monoisotopic (exact) mass is 434 g/mol. The number of thioether (sulfide) groups is 1. The zero-order valence-electron chi connectivity index (χ0n) is 16.0. The summed E-state index contributed by atoms with van der Waals surface area (Å²) in [5, 5.41) is 16.5. The van der Waals surface area contributed by atoms with Gasteiger partial charge in [0.2, 0.25) is 5.91 Å². The van der Waals surface area contributed by atoms with Gasteiger partial charge in [0.05, 0.1) is 23.1 Å². The van der Waals surface area contributed by atoms with Gasteiger partial charge in [-0.25, -0.2) is 9.37 Å². The first-order valence-corrected chi connectivity index (χ1v) is 10.5. The zero-order valence-corrected chi connectivity index (χ0v) is 17.6. The topological polar surface area (TPSA) is 102 Å². The number of amides is 2. The maximum absolute atomic E-state index is 13.8. The molecule has 11 heteroatoms. The molecule has 0 spiro atoms. The van der Waals surface area contributed by atoms with E-state index in [0.29, 0.717) is 16.1 Å². The van der Waals surface area contributed by atoms with Crippen LogP contribution in [0.25, 0.3) is 0 Å². The van der Waals surface area contributed by atoms with Gasteiger partial charge < -0.3 is 15.2 Å². The third-order valence-electron chi connectivity index (χ3n) is 3.92. The summed E-state index contributed by atoms with van der Waals surface area (Å²) < 4.78 is 15.5. The Bertz CT molecular complexity index is 1040. The van der Waals surface area contributed by atoms with Crippen LogP contribution < -0.4 is 10.6 Å². The van der Waals surface area contributed by atoms with Gasteiger partial charge in [0.15, 0.2) is 16.1 Å². The van der Waals surface area contributed by atoms with Crippen LogP contribution in [-0.4, -0.2) is 37.3 Å². The van der Waals surface area contributed by atoms with Gasteiger partial charge in [0, 0.05) is 12.4 Å². The average Bonchev–Trinajstić information content (AvgIpc) is 3.25. The number of carbonyl (C=O) groups is 2. The summed E-state index contributed by atoms with van der Waals surface area (Å²) in [5.41, 5.74) is 0.813. The number of nitrogens with one attached hydrogen (secondary N) is 2. The second-order valence-electron chi connectivity index (χ2n) is 6.21. The first-order valence-electron chi connectivity index (χ1n) is 8.64. The lowest BCUT2D eigenvalue weighted by molar-refractivity contribution is -0.113. The second-order valence-corrected chi connectivity index (χ2v) is 8.01. The predicted octanol–water partition coefficient (Wildman–Crippen LogP) is 2.94. The molecule has 152 valence electrons. The number of halogens is 1. The Balaban J connectivity index is 1.59.